The van der Waals surface area contributed by atoms with Crippen LogP contribution in [-0.4, -0.2) is 15.9 Å². The maximum absolute atomic E-state index is 10.7. The molecular weight excluding hydrogens is 220 g/mol. The average Bonchev–Trinajstić information content (AvgIpc) is 2.24. The lowest BCUT2D eigenvalue weighted by Crippen LogP contribution is -1.88. The summed E-state index contributed by atoms with van der Waals surface area (Å²) in [7, 11) is 0. The van der Waals surface area contributed by atoms with Crippen molar-refractivity contribution in [1.29, 1.82) is 5.26 Å². The molecule has 16 heavy (non-hydrogen) atoms. The van der Waals surface area contributed by atoms with Crippen molar-refractivity contribution < 1.29 is 4.79 Å². The van der Waals surface area contributed by atoms with Crippen molar-refractivity contribution in [3.63, 3.8) is 0 Å². The van der Waals surface area contributed by atoms with Gasteiger partial charge in [-0.15, -0.1) is 0 Å². The zero-order valence-electron chi connectivity index (χ0n) is 9.23. The van der Waals surface area contributed by atoms with Crippen LogP contribution < -0.4 is 0 Å². The van der Waals surface area contributed by atoms with Crippen LogP contribution in [0, 0.1) is 18.3 Å². The van der Waals surface area contributed by atoms with Crippen molar-refractivity contribution >= 4 is 23.0 Å². The number of hydrogen-bond donors (Lipinski definition) is 0. The Bertz CT molecular complexity index is 461. The van der Waals surface area contributed by atoms with Crippen molar-refractivity contribution in [2.24, 2.45) is 0 Å². The molecule has 4 heteroatoms. The number of nitrogens with zero attached hydrogens (tertiary/aromatic N) is 2. The molecule has 0 radical (unpaired) electrons. The number of pyridine rings is 1. The fourth-order valence-corrected chi connectivity index (χ4v) is 1.58. The van der Waals surface area contributed by atoms with Gasteiger partial charge in [0.25, 0.3) is 0 Å². The number of thioether (sulfide) groups is 1. The number of aryl methyl sites for hydroxylation is 1. The van der Waals surface area contributed by atoms with E-state index in [1.165, 1.54) is 11.8 Å². The van der Waals surface area contributed by atoms with Crippen molar-refractivity contribution in [2.75, 3.05) is 5.75 Å². The molecule has 1 heterocycles. The lowest BCUT2D eigenvalue weighted by atomic mass is 10.1. The molecule has 0 unspecified atom stereocenters. The molecule has 0 N–H and O–H groups in total. The smallest absolute Gasteiger partial charge is 0.186 e. The van der Waals surface area contributed by atoms with Gasteiger partial charge in [0.15, 0.2) is 5.12 Å². The first-order chi connectivity index (χ1) is 7.63. The fraction of sp³-hybridized carbons (Fsp3) is 0.250. The molecule has 0 atom stereocenters. The Hall–Kier alpha value is -1.60. The normalized spacial score (nSPS) is 10.3. The minimum atomic E-state index is 0.110. The van der Waals surface area contributed by atoms with Gasteiger partial charge >= 0.3 is 0 Å². The quantitative estimate of drug-likeness (QED) is 0.803. The van der Waals surface area contributed by atoms with Gasteiger partial charge in [-0.1, -0.05) is 23.9 Å². The predicted octanol–water partition coefficient (Wildman–Crippen LogP) is 2.55. The van der Waals surface area contributed by atoms with E-state index in [4.69, 9.17) is 5.26 Å². The second-order valence-electron chi connectivity index (χ2n) is 3.25. The van der Waals surface area contributed by atoms with Crippen LogP contribution in [0.15, 0.2) is 18.3 Å². The minimum absolute atomic E-state index is 0.110. The monoisotopic (exact) mass is 232 g/mol. The van der Waals surface area contributed by atoms with Crippen LogP contribution in [-0.2, 0) is 4.79 Å². The largest absolute Gasteiger partial charge is 0.288 e. The molecule has 0 aliphatic rings. The molecule has 0 spiro atoms. The Labute approximate surface area is 99.2 Å². The average molecular weight is 232 g/mol. The summed E-state index contributed by atoms with van der Waals surface area (Å²) in [5.41, 5.74) is 2.26. The van der Waals surface area contributed by atoms with Crippen molar-refractivity contribution in [3.05, 3.63) is 35.2 Å². The molecule has 1 rings (SSSR count). The second-order valence-corrected chi connectivity index (χ2v) is 4.45. The number of carbonyl (C=O) groups is 1. The Morgan fingerprint density at radius 1 is 1.69 bits per heavy atom. The topological polar surface area (TPSA) is 53.8 Å². The third-order valence-corrected chi connectivity index (χ3v) is 2.66. The van der Waals surface area contributed by atoms with Gasteiger partial charge in [-0.25, -0.2) is 4.98 Å². The van der Waals surface area contributed by atoms with Crippen LogP contribution in [0.25, 0.3) is 6.08 Å². The van der Waals surface area contributed by atoms with Gasteiger partial charge in [0, 0.05) is 18.9 Å². The Morgan fingerprint density at radius 2 is 2.44 bits per heavy atom. The van der Waals surface area contributed by atoms with Gasteiger partial charge in [-0.3, -0.25) is 4.79 Å². The highest BCUT2D eigenvalue weighted by atomic mass is 32.2. The fourth-order valence-electron chi connectivity index (χ4n) is 1.15. The highest BCUT2D eigenvalue weighted by molar-refractivity contribution is 8.13. The summed E-state index contributed by atoms with van der Waals surface area (Å²) in [6, 6.07) is 3.92. The van der Waals surface area contributed by atoms with Crippen LogP contribution in [0.2, 0.25) is 0 Å². The first-order valence-electron chi connectivity index (χ1n) is 4.80. The zero-order chi connectivity index (χ0) is 12.0. The van der Waals surface area contributed by atoms with E-state index in [2.05, 4.69) is 4.98 Å². The summed E-state index contributed by atoms with van der Waals surface area (Å²) in [5, 5.41) is 8.82. The Morgan fingerprint density at radius 3 is 3.00 bits per heavy atom. The maximum atomic E-state index is 10.7. The van der Waals surface area contributed by atoms with Crippen molar-refractivity contribution in [3.8, 4) is 6.07 Å². The number of rotatable bonds is 3. The van der Waals surface area contributed by atoms with Gasteiger partial charge in [-0.05, 0) is 24.1 Å². The first-order valence-corrected chi connectivity index (χ1v) is 5.78. The van der Waals surface area contributed by atoms with Gasteiger partial charge in [-0.2, -0.15) is 5.26 Å². The van der Waals surface area contributed by atoms with E-state index in [1.54, 1.807) is 13.1 Å². The highest BCUT2D eigenvalue weighted by Crippen LogP contribution is 2.09. The standard InChI is InChI=1S/C12H12N2OS/c1-9-6-11(8-14-12(9)7-13)4-3-5-16-10(2)15/h3-4,6,8H,5H2,1-2H3. The molecule has 3 nitrogen and oxygen atoms in total. The predicted molar refractivity (Wildman–Crippen MR) is 65.9 cm³/mol. The van der Waals surface area contributed by atoms with E-state index in [0.29, 0.717) is 11.4 Å². The summed E-state index contributed by atoms with van der Waals surface area (Å²) in [5.74, 6) is 0.661. The minimum Gasteiger partial charge on any atom is -0.288 e. The molecule has 0 aromatic carbocycles. The van der Waals surface area contributed by atoms with Crippen molar-refractivity contribution in [2.45, 2.75) is 13.8 Å². The Kier molecular flexibility index (Phi) is 4.74. The van der Waals surface area contributed by atoms with E-state index in [9.17, 15) is 4.79 Å². The molecule has 0 saturated heterocycles. The van der Waals surface area contributed by atoms with E-state index in [-0.39, 0.29) is 5.12 Å². The molecule has 0 aliphatic heterocycles. The molecule has 0 saturated carbocycles. The van der Waals surface area contributed by atoms with E-state index < -0.39 is 0 Å². The molecule has 82 valence electrons. The van der Waals surface area contributed by atoms with Gasteiger partial charge < -0.3 is 0 Å². The molecule has 1 aromatic rings. The van der Waals surface area contributed by atoms with Gasteiger partial charge in [0.05, 0.1) is 0 Å². The summed E-state index contributed by atoms with van der Waals surface area (Å²) in [4.78, 5) is 14.7. The number of aromatic nitrogens is 1. The summed E-state index contributed by atoms with van der Waals surface area (Å²) >= 11 is 1.26. The Balaban J connectivity index is 2.65. The third-order valence-electron chi connectivity index (χ3n) is 1.90. The number of carbonyl (C=O) groups excluding carboxylic acids is 1. The second kappa shape index (κ2) is 6.09. The molecule has 1 aromatic heterocycles. The van der Waals surface area contributed by atoms with Crippen LogP contribution in [0.3, 0.4) is 0 Å². The van der Waals surface area contributed by atoms with E-state index in [1.807, 2.05) is 31.2 Å². The van der Waals surface area contributed by atoms with Gasteiger partial charge in [0.2, 0.25) is 0 Å². The third kappa shape index (κ3) is 3.87. The van der Waals surface area contributed by atoms with Crippen LogP contribution in [0.4, 0.5) is 0 Å². The lowest BCUT2D eigenvalue weighted by molar-refractivity contribution is -0.109. The molecule has 0 bridgehead atoms. The number of hydrogen-bond acceptors (Lipinski definition) is 4. The van der Waals surface area contributed by atoms with E-state index >= 15 is 0 Å². The zero-order valence-corrected chi connectivity index (χ0v) is 10.0. The van der Waals surface area contributed by atoms with Crippen LogP contribution in [0.5, 0.6) is 0 Å². The lowest BCUT2D eigenvalue weighted by Gasteiger charge is -1.97. The van der Waals surface area contributed by atoms with Crippen LogP contribution in [0.1, 0.15) is 23.7 Å². The summed E-state index contributed by atoms with van der Waals surface area (Å²) in [6.45, 7) is 3.40. The van der Waals surface area contributed by atoms with E-state index in [0.717, 1.165) is 11.1 Å². The molecular formula is C12H12N2OS. The summed E-state index contributed by atoms with van der Waals surface area (Å²) < 4.78 is 0. The molecule has 0 aliphatic carbocycles. The SMILES string of the molecule is CC(=O)SCC=Cc1cnc(C#N)c(C)c1. The highest BCUT2D eigenvalue weighted by Gasteiger charge is 1.98. The maximum Gasteiger partial charge on any atom is 0.186 e. The summed E-state index contributed by atoms with van der Waals surface area (Å²) in [6.07, 6.45) is 5.46. The van der Waals surface area contributed by atoms with Crippen LogP contribution >= 0.6 is 11.8 Å². The first kappa shape index (κ1) is 12.5. The molecule has 0 fully saturated rings. The van der Waals surface area contributed by atoms with Crippen molar-refractivity contribution in [1.82, 2.24) is 4.98 Å². The van der Waals surface area contributed by atoms with Gasteiger partial charge in [0.1, 0.15) is 11.8 Å². The molecule has 0 amide bonds. The number of nitriles is 1.